The SMILES string of the molecule is B/C(C=C)=C/C(=C\C=C)n1c(/C=C\C)c(C=C)c2cccnc21. The van der Waals surface area contributed by atoms with E-state index in [9.17, 15) is 0 Å². The third-order valence-electron chi connectivity index (χ3n) is 3.58. The Hall–Kier alpha value is -2.81. The number of pyridine rings is 1. The smallest absolute Gasteiger partial charge is 0.145 e. The Labute approximate surface area is 139 Å². The number of rotatable bonds is 6. The van der Waals surface area contributed by atoms with Crippen LogP contribution in [0.1, 0.15) is 18.2 Å². The third kappa shape index (κ3) is 3.19. The molecule has 0 aliphatic heterocycles. The molecule has 0 spiro atoms. The van der Waals surface area contributed by atoms with Gasteiger partial charge in [-0.3, -0.25) is 4.57 Å². The van der Waals surface area contributed by atoms with E-state index >= 15 is 0 Å². The summed E-state index contributed by atoms with van der Waals surface area (Å²) in [7, 11) is 2.02. The predicted octanol–water partition coefficient (Wildman–Crippen LogP) is 4.44. The summed E-state index contributed by atoms with van der Waals surface area (Å²) in [6.45, 7) is 13.6. The first kappa shape index (κ1) is 16.6. The van der Waals surface area contributed by atoms with E-state index in [1.165, 1.54) is 0 Å². The molecule has 2 heterocycles. The predicted molar refractivity (Wildman–Crippen MR) is 106 cm³/mol. The van der Waals surface area contributed by atoms with E-state index in [0.29, 0.717) is 0 Å². The summed E-state index contributed by atoms with van der Waals surface area (Å²) in [6, 6.07) is 4.01. The fourth-order valence-corrected chi connectivity index (χ4v) is 2.56. The largest absolute Gasteiger partial charge is 0.294 e. The van der Waals surface area contributed by atoms with Gasteiger partial charge in [0.2, 0.25) is 0 Å². The van der Waals surface area contributed by atoms with Crippen LogP contribution in [0.4, 0.5) is 0 Å². The normalized spacial score (nSPS) is 12.7. The molecule has 2 nitrogen and oxygen atoms in total. The van der Waals surface area contributed by atoms with Crippen LogP contribution in [-0.2, 0) is 0 Å². The zero-order valence-corrected chi connectivity index (χ0v) is 13.8. The maximum Gasteiger partial charge on any atom is 0.145 e. The van der Waals surface area contributed by atoms with Crippen LogP contribution in [0, 0.1) is 0 Å². The lowest BCUT2D eigenvalue weighted by molar-refractivity contribution is 1.11. The Morgan fingerprint density at radius 2 is 2.09 bits per heavy atom. The Kier molecular flexibility index (Phi) is 5.37. The molecule has 2 aromatic heterocycles. The van der Waals surface area contributed by atoms with E-state index in [1.54, 1.807) is 12.3 Å². The molecule has 114 valence electrons. The number of allylic oxidation sites excluding steroid dienone is 7. The van der Waals surface area contributed by atoms with Crippen LogP contribution in [0.15, 0.2) is 73.9 Å². The van der Waals surface area contributed by atoms with E-state index in [1.807, 2.05) is 45.1 Å². The van der Waals surface area contributed by atoms with E-state index in [0.717, 1.165) is 33.5 Å². The molecular weight excluding hydrogens is 279 g/mol. The van der Waals surface area contributed by atoms with Crippen molar-refractivity contribution >= 4 is 36.7 Å². The summed E-state index contributed by atoms with van der Waals surface area (Å²) >= 11 is 0. The molecule has 0 bridgehead atoms. The van der Waals surface area contributed by atoms with Gasteiger partial charge < -0.3 is 0 Å². The average molecular weight is 300 g/mol. The lowest BCUT2D eigenvalue weighted by atomic mass is 9.94. The number of aromatic nitrogens is 2. The van der Waals surface area contributed by atoms with Crippen LogP contribution in [-0.4, -0.2) is 17.4 Å². The molecule has 2 aromatic rings. The van der Waals surface area contributed by atoms with Crippen molar-refractivity contribution in [1.29, 1.82) is 0 Å². The molecule has 0 unspecified atom stereocenters. The molecule has 0 fully saturated rings. The topological polar surface area (TPSA) is 17.8 Å². The maximum absolute atomic E-state index is 4.58. The van der Waals surface area contributed by atoms with Gasteiger partial charge in [0.1, 0.15) is 13.5 Å². The highest BCUT2D eigenvalue weighted by Gasteiger charge is 2.15. The standard InChI is InChI=1S/C20H21BN2/c1-5-10-16(14-15(21)7-3)23-19(11-6-2)17(8-4)18-12-9-13-22-20(18)23/h5-14H,1,3-4,21H2,2H3/b11-6-,15-14+,16-10+. The molecule has 0 aromatic carbocycles. The Morgan fingerprint density at radius 3 is 2.70 bits per heavy atom. The van der Waals surface area contributed by atoms with Gasteiger partial charge in [-0.1, -0.05) is 49.5 Å². The van der Waals surface area contributed by atoms with Crippen molar-refractivity contribution in [1.82, 2.24) is 9.55 Å². The second-order valence-corrected chi connectivity index (χ2v) is 5.13. The van der Waals surface area contributed by atoms with Gasteiger partial charge in [0.05, 0.1) is 5.69 Å². The highest BCUT2D eigenvalue weighted by molar-refractivity contribution is 6.24. The van der Waals surface area contributed by atoms with Crippen molar-refractivity contribution in [3.63, 3.8) is 0 Å². The first-order chi connectivity index (χ1) is 11.2. The maximum atomic E-state index is 4.58. The Balaban J connectivity index is 2.93. The summed E-state index contributed by atoms with van der Waals surface area (Å²) < 4.78 is 2.13. The van der Waals surface area contributed by atoms with Crippen molar-refractivity contribution in [3.05, 3.63) is 85.2 Å². The van der Waals surface area contributed by atoms with Gasteiger partial charge in [-0.15, -0.1) is 0 Å². The summed E-state index contributed by atoms with van der Waals surface area (Å²) in [5, 5.41) is 1.08. The fourth-order valence-electron chi connectivity index (χ4n) is 2.56. The molecule has 0 aliphatic rings. The fraction of sp³-hybridized carbons (Fsp3) is 0.0500. The molecule has 0 aliphatic carbocycles. The second-order valence-electron chi connectivity index (χ2n) is 5.13. The molecule has 23 heavy (non-hydrogen) atoms. The monoisotopic (exact) mass is 300 g/mol. The van der Waals surface area contributed by atoms with Crippen LogP contribution in [0.5, 0.6) is 0 Å². The van der Waals surface area contributed by atoms with Crippen LogP contribution >= 0.6 is 0 Å². The zero-order valence-electron chi connectivity index (χ0n) is 13.8. The molecule has 0 amide bonds. The number of hydrogen-bond acceptors (Lipinski definition) is 1. The highest BCUT2D eigenvalue weighted by Crippen LogP contribution is 2.30. The van der Waals surface area contributed by atoms with Crippen LogP contribution in [0.25, 0.3) is 28.9 Å². The van der Waals surface area contributed by atoms with Gasteiger partial charge >= 0.3 is 0 Å². The van der Waals surface area contributed by atoms with Crippen LogP contribution < -0.4 is 0 Å². The minimum Gasteiger partial charge on any atom is -0.294 e. The van der Waals surface area contributed by atoms with Gasteiger partial charge in [0, 0.05) is 22.8 Å². The van der Waals surface area contributed by atoms with E-state index < -0.39 is 0 Å². The van der Waals surface area contributed by atoms with Gasteiger partial charge in [0.25, 0.3) is 0 Å². The van der Waals surface area contributed by atoms with Crippen molar-refractivity contribution in [2.24, 2.45) is 0 Å². The van der Waals surface area contributed by atoms with Gasteiger partial charge in [-0.25, -0.2) is 4.98 Å². The van der Waals surface area contributed by atoms with Crippen molar-refractivity contribution in [3.8, 4) is 0 Å². The highest BCUT2D eigenvalue weighted by atomic mass is 15.1. The minimum atomic E-state index is 0.900. The van der Waals surface area contributed by atoms with E-state index in [4.69, 9.17) is 0 Å². The number of hydrogen-bond donors (Lipinski definition) is 0. The summed E-state index contributed by atoms with van der Waals surface area (Å²) in [4.78, 5) is 4.58. The van der Waals surface area contributed by atoms with Crippen molar-refractivity contribution < 1.29 is 0 Å². The van der Waals surface area contributed by atoms with Gasteiger partial charge in [-0.05, 0) is 37.3 Å². The van der Waals surface area contributed by atoms with Crippen molar-refractivity contribution in [2.45, 2.75) is 6.92 Å². The lowest BCUT2D eigenvalue weighted by Gasteiger charge is -2.10. The minimum absolute atomic E-state index is 0.900. The van der Waals surface area contributed by atoms with E-state index in [2.05, 4.69) is 47.5 Å². The summed E-state index contributed by atoms with van der Waals surface area (Å²) in [5.41, 5.74) is 5.09. The molecule has 0 saturated heterocycles. The average Bonchev–Trinajstić information content (AvgIpc) is 2.87. The Bertz CT molecular complexity index is 848. The van der Waals surface area contributed by atoms with Crippen LogP contribution in [0.3, 0.4) is 0 Å². The summed E-state index contributed by atoms with van der Waals surface area (Å²) in [6.07, 6.45) is 15.4. The first-order valence-corrected chi connectivity index (χ1v) is 7.56. The van der Waals surface area contributed by atoms with Gasteiger partial charge in [-0.2, -0.15) is 0 Å². The zero-order chi connectivity index (χ0) is 16.8. The van der Waals surface area contributed by atoms with Crippen LogP contribution in [0.2, 0.25) is 0 Å². The third-order valence-corrected chi connectivity index (χ3v) is 3.58. The second kappa shape index (κ2) is 7.46. The summed E-state index contributed by atoms with van der Waals surface area (Å²) in [5.74, 6) is 0. The molecular formula is C20H21BN2. The molecule has 0 radical (unpaired) electrons. The van der Waals surface area contributed by atoms with Gasteiger partial charge in [0.15, 0.2) is 0 Å². The number of nitrogens with zero attached hydrogens (tertiary/aromatic N) is 2. The molecule has 0 atom stereocenters. The molecule has 0 saturated carbocycles. The van der Waals surface area contributed by atoms with Crippen molar-refractivity contribution in [2.75, 3.05) is 0 Å². The lowest BCUT2D eigenvalue weighted by Crippen LogP contribution is -2.00. The Morgan fingerprint density at radius 1 is 1.30 bits per heavy atom. The quantitative estimate of drug-likeness (QED) is 0.569. The number of fused-ring (bicyclic) bond motifs is 1. The molecule has 2 rings (SSSR count). The molecule has 0 N–H and O–H groups in total. The first-order valence-electron chi connectivity index (χ1n) is 7.56. The van der Waals surface area contributed by atoms with E-state index in [-0.39, 0.29) is 0 Å². The molecule has 3 heteroatoms.